The van der Waals surface area contributed by atoms with E-state index in [0.717, 1.165) is 40.8 Å². The fourth-order valence-corrected chi connectivity index (χ4v) is 7.16. The Balaban J connectivity index is 1.33. The van der Waals surface area contributed by atoms with Crippen molar-refractivity contribution in [2.24, 2.45) is 4.99 Å². The second kappa shape index (κ2) is 12.3. The quantitative estimate of drug-likeness (QED) is 0.208. The van der Waals surface area contributed by atoms with Crippen molar-refractivity contribution in [2.45, 2.75) is 25.5 Å². The molecule has 0 fully saturated rings. The Hall–Kier alpha value is -5.15. The second-order valence-corrected chi connectivity index (χ2v) is 12.0. The van der Waals surface area contributed by atoms with Gasteiger partial charge in [0.25, 0.3) is 5.56 Å². The van der Waals surface area contributed by atoms with E-state index in [1.54, 1.807) is 50.2 Å². The van der Waals surface area contributed by atoms with E-state index in [1.165, 1.54) is 23.0 Å². The predicted molar refractivity (Wildman–Crippen MR) is 176 cm³/mol. The van der Waals surface area contributed by atoms with Crippen LogP contribution < -0.4 is 33.8 Å². The third-order valence-corrected chi connectivity index (χ3v) is 9.41. The molecule has 0 saturated heterocycles. The number of allylic oxidation sites excluding steroid dienone is 1. The van der Waals surface area contributed by atoms with Gasteiger partial charge in [-0.15, -0.1) is 0 Å². The summed E-state index contributed by atoms with van der Waals surface area (Å²) in [4.78, 5) is 20.0. The molecule has 46 heavy (non-hydrogen) atoms. The highest BCUT2D eigenvalue weighted by Gasteiger charge is 2.33. The molecule has 7 rings (SSSR count). The number of methoxy groups -OCH3 is 3. The zero-order valence-corrected chi connectivity index (χ0v) is 26.4. The van der Waals surface area contributed by atoms with Crippen LogP contribution in [-0.2, 0) is 13.0 Å². The van der Waals surface area contributed by atoms with Crippen molar-refractivity contribution >= 4 is 23.1 Å². The highest BCUT2D eigenvalue weighted by atomic mass is 32.1. The maximum atomic E-state index is 14.2. The first-order valence-electron chi connectivity index (χ1n) is 14.9. The largest absolute Gasteiger partial charge is 0.493 e. The van der Waals surface area contributed by atoms with Gasteiger partial charge in [-0.3, -0.25) is 9.36 Å². The van der Waals surface area contributed by atoms with Crippen molar-refractivity contribution in [2.75, 3.05) is 21.3 Å². The SMILES string of the molecule is COc1ccc([C@@H]2C3=C(N=c4s/c(=C\c5ccc(OCc6ccccc6F)c(OC)c5)c(=O)n42)c2ccccc2CC3)cc1OC. The molecular formula is C37H31FN2O5S. The molecule has 1 aromatic heterocycles. The lowest BCUT2D eigenvalue weighted by molar-refractivity contribution is 0.279. The molecular weight excluding hydrogens is 603 g/mol. The first-order valence-corrected chi connectivity index (χ1v) is 15.7. The van der Waals surface area contributed by atoms with Gasteiger partial charge in [-0.2, -0.15) is 0 Å². The number of fused-ring (bicyclic) bond motifs is 3. The maximum Gasteiger partial charge on any atom is 0.271 e. The number of rotatable bonds is 8. The monoisotopic (exact) mass is 634 g/mol. The Morgan fingerprint density at radius 3 is 2.41 bits per heavy atom. The van der Waals surface area contributed by atoms with Crippen molar-refractivity contribution < 1.29 is 23.3 Å². The van der Waals surface area contributed by atoms with E-state index >= 15 is 0 Å². The van der Waals surface area contributed by atoms with Crippen LogP contribution in [0.1, 0.15) is 40.3 Å². The summed E-state index contributed by atoms with van der Waals surface area (Å²) in [7, 11) is 4.77. The number of aryl methyl sites for hydroxylation is 1. The van der Waals surface area contributed by atoms with Crippen molar-refractivity contribution in [1.29, 1.82) is 0 Å². The molecule has 5 aromatic rings. The molecule has 7 nitrogen and oxygen atoms in total. The third kappa shape index (κ3) is 5.26. The van der Waals surface area contributed by atoms with Crippen molar-refractivity contribution in [3.8, 4) is 23.0 Å². The van der Waals surface area contributed by atoms with E-state index in [-0.39, 0.29) is 24.0 Å². The van der Waals surface area contributed by atoms with Gasteiger partial charge in [0.2, 0.25) is 0 Å². The van der Waals surface area contributed by atoms with Gasteiger partial charge in [0.15, 0.2) is 27.8 Å². The minimum absolute atomic E-state index is 0.0604. The molecule has 1 aliphatic heterocycles. The summed E-state index contributed by atoms with van der Waals surface area (Å²) in [6.07, 6.45) is 3.49. The Morgan fingerprint density at radius 1 is 0.870 bits per heavy atom. The standard InChI is InChI=1S/C37H31FN2O5S/c1-42-29-17-14-24(20-32(29)44-3)35-27-15-13-23-8-4-6-10-26(23)34(27)39-37-40(35)36(41)33(46-37)19-22-12-16-30(31(18-22)43-2)45-21-25-9-5-7-11-28(25)38/h4-12,14,16-20,35H,13,15,21H2,1-3H3/b33-19-/t35-/m1/s1. The molecule has 0 amide bonds. The highest BCUT2D eigenvalue weighted by molar-refractivity contribution is 7.07. The molecule has 0 spiro atoms. The zero-order valence-electron chi connectivity index (χ0n) is 25.6. The normalized spacial score (nSPS) is 15.4. The topological polar surface area (TPSA) is 71.3 Å². The summed E-state index contributed by atoms with van der Waals surface area (Å²) in [5.41, 5.74) is 6.37. The summed E-state index contributed by atoms with van der Waals surface area (Å²) in [5, 5.41) is 0. The van der Waals surface area contributed by atoms with Gasteiger partial charge in [-0.25, -0.2) is 9.38 Å². The number of halogens is 1. The van der Waals surface area contributed by atoms with Crippen LogP contribution in [0, 0.1) is 5.82 Å². The first kappa shape index (κ1) is 29.6. The number of ether oxygens (including phenoxy) is 4. The Kier molecular flexibility index (Phi) is 7.92. The van der Waals surface area contributed by atoms with Crippen LogP contribution in [-0.4, -0.2) is 25.9 Å². The molecule has 0 radical (unpaired) electrons. The van der Waals surface area contributed by atoms with E-state index in [2.05, 4.69) is 18.2 Å². The Morgan fingerprint density at radius 2 is 1.61 bits per heavy atom. The van der Waals surface area contributed by atoms with Crippen LogP contribution in [0.15, 0.2) is 100 Å². The summed E-state index contributed by atoms with van der Waals surface area (Å²) >= 11 is 1.35. The molecule has 0 unspecified atom stereocenters. The molecule has 4 aromatic carbocycles. The number of nitrogens with zero attached hydrogens (tertiary/aromatic N) is 2. The zero-order chi connectivity index (χ0) is 31.8. The smallest absolute Gasteiger partial charge is 0.271 e. The number of hydrogen-bond acceptors (Lipinski definition) is 7. The molecule has 0 saturated carbocycles. The van der Waals surface area contributed by atoms with Crippen LogP contribution in [0.5, 0.6) is 23.0 Å². The minimum Gasteiger partial charge on any atom is -0.493 e. The third-order valence-electron chi connectivity index (χ3n) is 8.42. The van der Waals surface area contributed by atoms with Crippen molar-refractivity contribution in [3.63, 3.8) is 0 Å². The Labute approximate surface area is 269 Å². The molecule has 0 bridgehead atoms. The van der Waals surface area contributed by atoms with Crippen LogP contribution in [0.3, 0.4) is 0 Å². The molecule has 9 heteroatoms. The lowest BCUT2D eigenvalue weighted by atomic mass is 9.83. The number of aromatic nitrogens is 1. The van der Waals surface area contributed by atoms with E-state index in [4.69, 9.17) is 23.9 Å². The van der Waals surface area contributed by atoms with Crippen molar-refractivity contribution in [1.82, 2.24) is 4.57 Å². The molecule has 232 valence electrons. The fraction of sp³-hybridized carbons (Fsp3) is 0.189. The second-order valence-electron chi connectivity index (χ2n) is 11.0. The van der Waals surface area contributed by atoms with Gasteiger partial charge in [0.05, 0.1) is 37.6 Å². The minimum atomic E-state index is -0.356. The molecule has 2 aliphatic rings. The average molecular weight is 635 g/mol. The summed E-state index contributed by atoms with van der Waals surface area (Å²) < 4.78 is 39.1. The van der Waals surface area contributed by atoms with Gasteiger partial charge < -0.3 is 18.9 Å². The van der Waals surface area contributed by atoms with Crippen LogP contribution >= 0.6 is 11.3 Å². The lowest BCUT2D eigenvalue weighted by Gasteiger charge is -2.31. The number of benzene rings is 4. The lowest BCUT2D eigenvalue weighted by Crippen LogP contribution is -2.38. The fourth-order valence-electron chi connectivity index (χ4n) is 6.16. The average Bonchev–Trinajstić information content (AvgIpc) is 3.40. The predicted octanol–water partition coefficient (Wildman–Crippen LogP) is 6.06. The molecule has 1 atom stereocenters. The number of thiazole rings is 1. The van der Waals surface area contributed by atoms with Crippen molar-refractivity contribution in [3.05, 3.63) is 144 Å². The number of hydrogen-bond donors (Lipinski definition) is 0. The summed E-state index contributed by atoms with van der Waals surface area (Å²) in [6, 6.07) is 25.7. The van der Waals surface area contributed by atoms with E-state index < -0.39 is 0 Å². The highest BCUT2D eigenvalue weighted by Crippen LogP contribution is 2.43. The van der Waals surface area contributed by atoms with Gasteiger partial charge in [0, 0.05) is 11.1 Å². The van der Waals surface area contributed by atoms with E-state index in [0.29, 0.717) is 37.9 Å². The Bertz CT molecular complexity index is 2180. The van der Waals surface area contributed by atoms with Gasteiger partial charge >= 0.3 is 0 Å². The summed E-state index contributed by atoms with van der Waals surface area (Å²) in [5.74, 6) is 1.85. The molecule has 2 heterocycles. The van der Waals surface area contributed by atoms with Crippen LogP contribution in [0.4, 0.5) is 4.39 Å². The van der Waals surface area contributed by atoms with E-state index in [1.807, 2.05) is 42.5 Å². The molecule has 0 N–H and O–H groups in total. The summed E-state index contributed by atoms with van der Waals surface area (Å²) in [6.45, 7) is 0.0604. The van der Waals surface area contributed by atoms with Gasteiger partial charge in [-0.05, 0) is 71.5 Å². The van der Waals surface area contributed by atoms with Gasteiger partial charge in [-0.1, -0.05) is 65.9 Å². The molecule has 1 aliphatic carbocycles. The maximum absolute atomic E-state index is 14.2. The van der Waals surface area contributed by atoms with Gasteiger partial charge in [0.1, 0.15) is 12.4 Å². The first-order chi connectivity index (χ1) is 22.5. The van der Waals surface area contributed by atoms with Crippen LogP contribution in [0.25, 0.3) is 11.8 Å². The van der Waals surface area contributed by atoms with Crippen LogP contribution in [0.2, 0.25) is 0 Å². The van der Waals surface area contributed by atoms with E-state index in [9.17, 15) is 9.18 Å².